The molecule has 2 amide bonds. The number of nitrogens with one attached hydrogen (secondary N) is 1. The molecule has 1 aliphatic heterocycles. The Morgan fingerprint density at radius 3 is 2.74 bits per heavy atom. The average Bonchev–Trinajstić information content (AvgIpc) is 3.36. The molecule has 3 rings (SSSR count). The highest BCUT2D eigenvalue weighted by molar-refractivity contribution is 7.09. The van der Waals surface area contributed by atoms with Crippen LogP contribution in [0.1, 0.15) is 29.7 Å². The van der Waals surface area contributed by atoms with Crippen LogP contribution in [0.15, 0.2) is 47.8 Å². The van der Waals surface area contributed by atoms with Crippen molar-refractivity contribution in [3.8, 4) is 0 Å². The number of carbonyl (C=O) groups excluding carboxylic acids is 2. The van der Waals surface area contributed by atoms with Gasteiger partial charge in [0.15, 0.2) is 0 Å². The fourth-order valence-electron chi connectivity index (χ4n) is 3.19. The van der Waals surface area contributed by atoms with E-state index in [4.69, 9.17) is 4.74 Å². The average molecular weight is 387 g/mol. The van der Waals surface area contributed by atoms with Crippen LogP contribution >= 0.6 is 11.3 Å². The van der Waals surface area contributed by atoms with Gasteiger partial charge < -0.3 is 15.0 Å². The molecule has 5 nitrogen and oxygen atoms in total. The summed E-state index contributed by atoms with van der Waals surface area (Å²) in [7, 11) is 0. The molecule has 0 radical (unpaired) electrons. The normalized spacial score (nSPS) is 16.2. The predicted octanol–water partition coefficient (Wildman–Crippen LogP) is 3.00. The second-order valence-corrected chi connectivity index (χ2v) is 7.78. The van der Waals surface area contributed by atoms with Gasteiger partial charge in [-0.25, -0.2) is 0 Å². The molecule has 27 heavy (non-hydrogen) atoms. The van der Waals surface area contributed by atoms with E-state index < -0.39 is 0 Å². The second kappa shape index (κ2) is 10.2. The summed E-state index contributed by atoms with van der Waals surface area (Å²) in [6, 6.07) is 13.7. The van der Waals surface area contributed by atoms with Crippen LogP contribution in [0.5, 0.6) is 0 Å². The van der Waals surface area contributed by atoms with Crippen LogP contribution in [0.3, 0.4) is 0 Å². The molecule has 0 bridgehead atoms. The maximum atomic E-state index is 12.7. The Morgan fingerprint density at radius 2 is 2.04 bits per heavy atom. The van der Waals surface area contributed by atoms with Gasteiger partial charge in [-0.05, 0) is 29.9 Å². The van der Waals surface area contributed by atoms with Gasteiger partial charge in [0.2, 0.25) is 11.8 Å². The number of hydrogen-bond donors (Lipinski definition) is 1. The van der Waals surface area contributed by atoms with Crippen molar-refractivity contribution in [3.05, 3.63) is 58.3 Å². The van der Waals surface area contributed by atoms with Crippen molar-refractivity contribution in [3.63, 3.8) is 0 Å². The molecule has 0 saturated carbocycles. The molecule has 0 aliphatic carbocycles. The number of amides is 2. The molecule has 2 heterocycles. The number of hydrogen-bond acceptors (Lipinski definition) is 4. The smallest absolute Gasteiger partial charge is 0.224 e. The van der Waals surface area contributed by atoms with Crippen molar-refractivity contribution >= 4 is 23.2 Å². The number of rotatable bonds is 9. The van der Waals surface area contributed by atoms with Crippen LogP contribution in [-0.4, -0.2) is 42.5 Å². The molecular formula is C21H26N2O3S. The minimum Gasteiger partial charge on any atom is -0.376 e. The van der Waals surface area contributed by atoms with E-state index >= 15 is 0 Å². The zero-order chi connectivity index (χ0) is 18.9. The van der Waals surface area contributed by atoms with E-state index in [1.165, 1.54) is 0 Å². The highest BCUT2D eigenvalue weighted by Gasteiger charge is 2.23. The summed E-state index contributed by atoms with van der Waals surface area (Å²) in [4.78, 5) is 27.8. The summed E-state index contributed by atoms with van der Waals surface area (Å²) in [6.07, 6.45) is 2.83. The number of ether oxygens (including phenoxy) is 1. The van der Waals surface area contributed by atoms with E-state index in [0.717, 1.165) is 29.9 Å². The van der Waals surface area contributed by atoms with Gasteiger partial charge in [-0.2, -0.15) is 0 Å². The van der Waals surface area contributed by atoms with Gasteiger partial charge >= 0.3 is 0 Å². The lowest BCUT2D eigenvalue weighted by Crippen LogP contribution is -2.38. The van der Waals surface area contributed by atoms with Crippen molar-refractivity contribution in [1.82, 2.24) is 10.2 Å². The second-order valence-electron chi connectivity index (χ2n) is 6.75. The largest absolute Gasteiger partial charge is 0.376 e. The third kappa shape index (κ3) is 6.48. The molecule has 1 unspecified atom stereocenters. The molecule has 1 aliphatic rings. The first-order valence-corrected chi connectivity index (χ1v) is 10.3. The van der Waals surface area contributed by atoms with E-state index in [2.05, 4.69) is 5.32 Å². The van der Waals surface area contributed by atoms with Gasteiger partial charge in [0.1, 0.15) is 0 Å². The minimum atomic E-state index is -0.0575. The van der Waals surface area contributed by atoms with Gasteiger partial charge in [-0.3, -0.25) is 9.59 Å². The first kappa shape index (κ1) is 19.6. The zero-order valence-electron chi connectivity index (χ0n) is 15.4. The minimum absolute atomic E-state index is 0.0545. The Balaban J connectivity index is 1.46. The summed E-state index contributed by atoms with van der Waals surface area (Å²) in [5.41, 5.74) is 0.971. The Labute approximate surface area is 164 Å². The number of carbonyl (C=O) groups is 2. The Hall–Kier alpha value is -2.18. The van der Waals surface area contributed by atoms with Crippen LogP contribution in [0.25, 0.3) is 0 Å². The molecule has 2 aromatic rings. The van der Waals surface area contributed by atoms with Crippen molar-refractivity contribution in [1.29, 1.82) is 0 Å². The quantitative estimate of drug-likeness (QED) is 0.721. The SMILES string of the molecule is O=C(Cc1ccccc1)NCCC(=O)N(Cc1cccs1)CC1CCCO1. The van der Waals surface area contributed by atoms with Gasteiger partial charge in [0.05, 0.1) is 19.1 Å². The lowest BCUT2D eigenvalue weighted by atomic mass is 10.1. The van der Waals surface area contributed by atoms with Crippen LogP contribution in [0.4, 0.5) is 0 Å². The third-order valence-corrected chi connectivity index (χ3v) is 5.46. The van der Waals surface area contributed by atoms with Crippen molar-refractivity contribution in [2.75, 3.05) is 19.7 Å². The standard InChI is InChI=1S/C21H26N2O3S/c24-20(14-17-6-2-1-3-7-17)22-11-10-21(25)23(15-18-8-4-12-26-18)16-19-9-5-13-27-19/h1-3,5-7,9,13,18H,4,8,10-12,14-16H2,(H,22,24). The molecule has 0 spiro atoms. The highest BCUT2D eigenvalue weighted by Crippen LogP contribution is 2.17. The zero-order valence-corrected chi connectivity index (χ0v) is 16.2. The third-order valence-electron chi connectivity index (χ3n) is 4.60. The first-order valence-electron chi connectivity index (χ1n) is 9.43. The fourth-order valence-corrected chi connectivity index (χ4v) is 3.91. The molecule has 6 heteroatoms. The van der Waals surface area contributed by atoms with Crippen LogP contribution in [0.2, 0.25) is 0 Å². The molecule has 1 aromatic heterocycles. The molecule has 144 valence electrons. The predicted molar refractivity (Wildman–Crippen MR) is 106 cm³/mol. The summed E-state index contributed by atoms with van der Waals surface area (Å²) in [6.45, 7) is 2.36. The Morgan fingerprint density at radius 1 is 1.19 bits per heavy atom. The summed E-state index contributed by atoms with van der Waals surface area (Å²) in [5, 5.41) is 4.88. The molecule has 1 aromatic carbocycles. The van der Waals surface area contributed by atoms with Gasteiger partial charge in [-0.1, -0.05) is 36.4 Å². The molecule has 1 N–H and O–H groups in total. The van der Waals surface area contributed by atoms with Crippen LogP contribution < -0.4 is 5.32 Å². The van der Waals surface area contributed by atoms with Gasteiger partial charge in [0, 0.05) is 31.0 Å². The van der Waals surface area contributed by atoms with Crippen molar-refractivity contribution in [2.24, 2.45) is 0 Å². The Bertz CT molecular complexity index is 712. The topological polar surface area (TPSA) is 58.6 Å². The molecule has 1 fully saturated rings. The first-order chi connectivity index (χ1) is 13.2. The van der Waals surface area contributed by atoms with E-state index in [1.807, 2.05) is 52.7 Å². The van der Waals surface area contributed by atoms with Crippen LogP contribution in [0, 0.1) is 0 Å². The van der Waals surface area contributed by atoms with E-state index in [0.29, 0.717) is 32.5 Å². The van der Waals surface area contributed by atoms with Gasteiger partial charge in [0.25, 0.3) is 0 Å². The number of thiophene rings is 1. The van der Waals surface area contributed by atoms with Crippen LogP contribution in [-0.2, 0) is 27.3 Å². The van der Waals surface area contributed by atoms with Crippen molar-refractivity contribution in [2.45, 2.75) is 38.3 Å². The molecule has 1 atom stereocenters. The Kier molecular flexibility index (Phi) is 7.42. The van der Waals surface area contributed by atoms with E-state index in [9.17, 15) is 9.59 Å². The molecular weight excluding hydrogens is 360 g/mol. The maximum Gasteiger partial charge on any atom is 0.224 e. The summed E-state index contributed by atoms with van der Waals surface area (Å²) < 4.78 is 5.70. The number of benzene rings is 1. The number of nitrogens with zero attached hydrogens (tertiary/aromatic N) is 1. The van der Waals surface area contributed by atoms with E-state index in [1.54, 1.807) is 11.3 Å². The summed E-state index contributed by atoms with van der Waals surface area (Å²) >= 11 is 1.65. The monoisotopic (exact) mass is 386 g/mol. The van der Waals surface area contributed by atoms with E-state index in [-0.39, 0.29) is 17.9 Å². The lowest BCUT2D eigenvalue weighted by Gasteiger charge is -2.25. The molecule has 1 saturated heterocycles. The summed E-state index contributed by atoms with van der Waals surface area (Å²) in [5.74, 6) is -0.00292. The van der Waals surface area contributed by atoms with Gasteiger partial charge in [-0.15, -0.1) is 11.3 Å². The highest BCUT2D eigenvalue weighted by atomic mass is 32.1. The van der Waals surface area contributed by atoms with Crippen molar-refractivity contribution < 1.29 is 14.3 Å². The maximum absolute atomic E-state index is 12.7. The lowest BCUT2D eigenvalue weighted by molar-refractivity contribution is -0.133. The fraction of sp³-hybridized carbons (Fsp3) is 0.429.